The summed E-state index contributed by atoms with van der Waals surface area (Å²) in [6.07, 6.45) is -0.0791. The molecular weight excluding hydrogens is 294 g/mol. The molecule has 0 saturated carbocycles. The number of ether oxygens (including phenoxy) is 2. The summed E-state index contributed by atoms with van der Waals surface area (Å²) in [6, 6.07) is 4.98. The molecule has 0 aliphatic heterocycles. The number of benzene rings is 1. The third kappa shape index (κ3) is 4.36. The molecule has 0 aliphatic carbocycles. The van der Waals surface area contributed by atoms with Crippen molar-refractivity contribution < 1.29 is 19.1 Å². The quantitative estimate of drug-likeness (QED) is 0.866. The highest BCUT2D eigenvalue weighted by Gasteiger charge is 2.33. The van der Waals surface area contributed by atoms with Crippen LogP contribution in [-0.4, -0.2) is 25.1 Å². The van der Waals surface area contributed by atoms with E-state index >= 15 is 0 Å². The molecule has 0 fully saturated rings. The van der Waals surface area contributed by atoms with Gasteiger partial charge in [0, 0.05) is 5.56 Å². The largest absolute Gasteiger partial charge is 0.495 e. The van der Waals surface area contributed by atoms with Gasteiger partial charge in [-0.15, -0.1) is 0 Å². The molecule has 1 amide bonds. The van der Waals surface area contributed by atoms with Crippen LogP contribution in [0.1, 0.15) is 33.3 Å². The summed E-state index contributed by atoms with van der Waals surface area (Å²) in [4.78, 5) is 23.5. The van der Waals surface area contributed by atoms with E-state index in [0.717, 1.165) is 0 Å². The molecule has 0 heterocycles. The Morgan fingerprint density at radius 1 is 1.29 bits per heavy atom. The van der Waals surface area contributed by atoms with Crippen molar-refractivity contribution in [1.29, 1.82) is 0 Å². The molecule has 1 aromatic rings. The monoisotopic (exact) mass is 313 g/mol. The van der Waals surface area contributed by atoms with E-state index in [2.05, 4.69) is 5.32 Å². The second-order valence-electron chi connectivity index (χ2n) is 5.77. The Morgan fingerprint density at radius 2 is 1.90 bits per heavy atom. The molecule has 1 unspecified atom stereocenters. The number of nitrogens with one attached hydrogen (secondary N) is 1. The highest BCUT2D eigenvalue weighted by atomic mass is 35.5. The molecule has 0 aromatic heterocycles. The smallest absolute Gasteiger partial charge is 0.408 e. The second-order valence-corrected chi connectivity index (χ2v) is 6.17. The molecular formula is C15H20ClNO4. The average Bonchev–Trinajstić information content (AvgIpc) is 2.35. The standard InChI is InChI=1S/C15H20ClNO4/c1-14(2,3)21-13(19)17-15(4,9-18)10-7-6-8-11(16)12(10)20-5/h6-9H,1-5H3,(H,17,19). The minimum Gasteiger partial charge on any atom is -0.495 e. The molecule has 1 atom stereocenters. The summed E-state index contributed by atoms with van der Waals surface area (Å²) < 4.78 is 10.4. The molecule has 1 N–H and O–H groups in total. The van der Waals surface area contributed by atoms with Gasteiger partial charge in [-0.25, -0.2) is 4.79 Å². The van der Waals surface area contributed by atoms with Gasteiger partial charge in [0.15, 0.2) is 0 Å². The van der Waals surface area contributed by atoms with Gasteiger partial charge in [0.05, 0.1) is 12.1 Å². The number of aldehydes is 1. The van der Waals surface area contributed by atoms with Crippen molar-refractivity contribution in [3.63, 3.8) is 0 Å². The van der Waals surface area contributed by atoms with Gasteiger partial charge in [-0.3, -0.25) is 0 Å². The Labute approximate surface area is 129 Å². The van der Waals surface area contributed by atoms with Crippen molar-refractivity contribution in [3.8, 4) is 5.75 Å². The summed E-state index contributed by atoms with van der Waals surface area (Å²) in [5.74, 6) is 0.338. The molecule has 21 heavy (non-hydrogen) atoms. The van der Waals surface area contributed by atoms with E-state index in [1.54, 1.807) is 45.9 Å². The predicted octanol–water partition coefficient (Wildman–Crippen LogP) is 3.29. The predicted molar refractivity (Wildman–Crippen MR) is 80.8 cm³/mol. The van der Waals surface area contributed by atoms with E-state index < -0.39 is 17.2 Å². The Morgan fingerprint density at radius 3 is 2.38 bits per heavy atom. The van der Waals surface area contributed by atoms with Gasteiger partial charge in [-0.2, -0.15) is 0 Å². The molecule has 5 nitrogen and oxygen atoms in total. The maximum atomic E-state index is 11.9. The third-order valence-corrected chi connectivity index (χ3v) is 3.02. The van der Waals surface area contributed by atoms with Crippen LogP contribution in [-0.2, 0) is 15.1 Å². The van der Waals surface area contributed by atoms with E-state index in [-0.39, 0.29) is 0 Å². The first kappa shape index (κ1) is 17.3. The SMILES string of the molecule is COc1c(Cl)cccc1C(C)(C=O)NC(=O)OC(C)(C)C. The van der Waals surface area contributed by atoms with Crippen LogP contribution in [0.25, 0.3) is 0 Å². The number of halogens is 1. The molecule has 0 radical (unpaired) electrons. The molecule has 0 aliphatic rings. The van der Waals surface area contributed by atoms with Crippen LogP contribution in [0.2, 0.25) is 5.02 Å². The number of methoxy groups -OCH3 is 1. The first-order chi connectivity index (χ1) is 9.63. The van der Waals surface area contributed by atoms with Crippen LogP contribution in [0.15, 0.2) is 18.2 Å². The number of rotatable bonds is 4. The molecule has 0 saturated heterocycles. The van der Waals surface area contributed by atoms with Gasteiger partial charge in [-0.05, 0) is 33.8 Å². The van der Waals surface area contributed by atoms with Gasteiger partial charge < -0.3 is 19.6 Å². The van der Waals surface area contributed by atoms with Crippen LogP contribution in [0.5, 0.6) is 5.75 Å². The lowest BCUT2D eigenvalue weighted by atomic mass is 9.93. The van der Waals surface area contributed by atoms with Crippen molar-refractivity contribution in [2.45, 2.75) is 38.8 Å². The maximum absolute atomic E-state index is 11.9. The fraction of sp³-hybridized carbons (Fsp3) is 0.467. The van der Waals surface area contributed by atoms with Crippen LogP contribution in [0.4, 0.5) is 4.79 Å². The van der Waals surface area contributed by atoms with E-state index in [0.29, 0.717) is 22.6 Å². The van der Waals surface area contributed by atoms with Crippen LogP contribution in [0.3, 0.4) is 0 Å². The highest BCUT2D eigenvalue weighted by molar-refractivity contribution is 6.32. The Balaban J connectivity index is 3.14. The van der Waals surface area contributed by atoms with Crippen molar-refractivity contribution in [2.75, 3.05) is 7.11 Å². The average molecular weight is 314 g/mol. The number of hydrogen-bond donors (Lipinski definition) is 1. The summed E-state index contributed by atoms with van der Waals surface area (Å²) in [5, 5.41) is 2.91. The second kappa shape index (κ2) is 6.35. The molecule has 0 bridgehead atoms. The normalized spacial score (nSPS) is 14.0. The molecule has 1 aromatic carbocycles. The van der Waals surface area contributed by atoms with Gasteiger partial charge in [0.25, 0.3) is 0 Å². The summed E-state index contributed by atoms with van der Waals surface area (Å²) >= 11 is 6.05. The van der Waals surface area contributed by atoms with Gasteiger partial charge >= 0.3 is 6.09 Å². The minimum absolute atomic E-state index is 0.338. The fourth-order valence-corrected chi connectivity index (χ4v) is 2.05. The van der Waals surface area contributed by atoms with Gasteiger partial charge in [0.1, 0.15) is 23.2 Å². The number of carbonyl (C=O) groups excluding carboxylic acids is 2. The van der Waals surface area contributed by atoms with E-state index in [1.807, 2.05) is 0 Å². The maximum Gasteiger partial charge on any atom is 0.408 e. The van der Waals surface area contributed by atoms with E-state index in [9.17, 15) is 9.59 Å². The van der Waals surface area contributed by atoms with Crippen LogP contribution >= 0.6 is 11.6 Å². The number of alkyl carbamates (subject to hydrolysis) is 1. The van der Waals surface area contributed by atoms with Gasteiger partial charge in [-0.1, -0.05) is 23.7 Å². The lowest BCUT2D eigenvalue weighted by Gasteiger charge is -2.29. The fourth-order valence-electron chi connectivity index (χ4n) is 1.80. The number of hydrogen-bond acceptors (Lipinski definition) is 4. The number of amides is 1. The van der Waals surface area contributed by atoms with Crippen molar-refractivity contribution >= 4 is 24.0 Å². The van der Waals surface area contributed by atoms with Crippen LogP contribution < -0.4 is 10.1 Å². The lowest BCUT2D eigenvalue weighted by Crippen LogP contribution is -2.47. The molecule has 0 spiro atoms. The number of para-hydroxylation sites is 1. The Hall–Kier alpha value is -1.75. The summed E-state index contributed by atoms with van der Waals surface area (Å²) in [7, 11) is 1.45. The highest BCUT2D eigenvalue weighted by Crippen LogP contribution is 2.34. The molecule has 116 valence electrons. The topological polar surface area (TPSA) is 64.6 Å². The summed E-state index contributed by atoms with van der Waals surface area (Å²) in [5.41, 5.74) is -1.51. The van der Waals surface area contributed by atoms with Crippen LogP contribution in [0, 0.1) is 0 Å². The molecule has 1 rings (SSSR count). The zero-order valence-corrected chi connectivity index (χ0v) is 13.6. The van der Waals surface area contributed by atoms with E-state index in [1.165, 1.54) is 7.11 Å². The first-order valence-corrected chi connectivity index (χ1v) is 6.81. The lowest BCUT2D eigenvalue weighted by molar-refractivity contribution is -0.113. The van der Waals surface area contributed by atoms with Crippen molar-refractivity contribution in [2.24, 2.45) is 0 Å². The Bertz CT molecular complexity index is 539. The van der Waals surface area contributed by atoms with Crippen molar-refractivity contribution in [3.05, 3.63) is 28.8 Å². The Kier molecular flexibility index (Phi) is 5.23. The number of carbonyl (C=O) groups is 2. The van der Waals surface area contributed by atoms with Crippen molar-refractivity contribution in [1.82, 2.24) is 5.32 Å². The zero-order chi connectivity index (χ0) is 16.3. The summed E-state index contributed by atoms with van der Waals surface area (Å²) in [6.45, 7) is 6.78. The first-order valence-electron chi connectivity index (χ1n) is 6.43. The van der Waals surface area contributed by atoms with Gasteiger partial charge in [0.2, 0.25) is 0 Å². The molecule has 6 heteroatoms. The minimum atomic E-state index is -1.31. The zero-order valence-electron chi connectivity index (χ0n) is 12.8. The van der Waals surface area contributed by atoms with E-state index in [4.69, 9.17) is 21.1 Å². The third-order valence-electron chi connectivity index (χ3n) is 2.73.